The molecule has 1 aliphatic heterocycles. The first-order valence-corrected chi connectivity index (χ1v) is 10.0. The van der Waals surface area contributed by atoms with Gasteiger partial charge in [-0.15, -0.1) is 0 Å². The minimum absolute atomic E-state index is 0.00914. The Balaban J connectivity index is 1.44. The van der Waals surface area contributed by atoms with Crippen molar-refractivity contribution in [1.82, 2.24) is 4.90 Å². The molecule has 2 aromatic carbocycles. The molecule has 0 aromatic heterocycles. The zero-order valence-corrected chi connectivity index (χ0v) is 16.9. The standard InChI is InChI=1S/C22H26ClN3O2/c1-17(27)25-13-15-26(16-14-25)20-11-9-19(10-12-20)24-22(28)8-4-6-18-5-2-3-7-21(18)23/h2-3,5,7,9-12H,4,6,8,13-16H2,1H3,(H,24,28). The zero-order valence-electron chi connectivity index (χ0n) is 16.2. The van der Waals surface area contributed by atoms with Gasteiger partial charge in [-0.1, -0.05) is 29.8 Å². The molecule has 0 unspecified atom stereocenters. The lowest BCUT2D eigenvalue weighted by Gasteiger charge is -2.35. The lowest BCUT2D eigenvalue weighted by atomic mass is 10.1. The van der Waals surface area contributed by atoms with Gasteiger partial charge in [0.1, 0.15) is 0 Å². The van der Waals surface area contributed by atoms with E-state index in [1.165, 1.54) is 0 Å². The molecule has 5 nitrogen and oxygen atoms in total. The van der Waals surface area contributed by atoms with Crippen LogP contribution in [0.3, 0.4) is 0 Å². The second-order valence-electron chi connectivity index (χ2n) is 7.03. The highest BCUT2D eigenvalue weighted by Gasteiger charge is 2.18. The fourth-order valence-electron chi connectivity index (χ4n) is 3.40. The number of hydrogen-bond acceptors (Lipinski definition) is 3. The number of nitrogens with zero attached hydrogens (tertiary/aromatic N) is 2. The van der Waals surface area contributed by atoms with Crippen molar-refractivity contribution in [3.05, 3.63) is 59.1 Å². The highest BCUT2D eigenvalue weighted by Crippen LogP contribution is 2.20. The number of halogens is 1. The van der Waals surface area contributed by atoms with Crippen molar-refractivity contribution in [2.24, 2.45) is 0 Å². The predicted octanol–water partition coefficient (Wildman–Crippen LogP) is 3.97. The number of benzene rings is 2. The lowest BCUT2D eigenvalue weighted by Crippen LogP contribution is -2.48. The second-order valence-corrected chi connectivity index (χ2v) is 7.44. The Kier molecular flexibility index (Phi) is 6.93. The lowest BCUT2D eigenvalue weighted by molar-refractivity contribution is -0.129. The molecular formula is C22H26ClN3O2. The predicted molar refractivity (Wildman–Crippen MR) is 114 cm³/mol. The van der Waals surface area contributed by atoms with Gasteiger partial charge in [0.25, 0.3) is 0 Å². The number of nitrogens with one attached hydrogen (secondary N) is 1. The van der Waals surface area contributed by atoms with Gasteiger partial charge in [0.15, 0.2) is 0 Å². The van der Waals surface area contributed by atoms with Gasteiger partial charge >= 0.3 is 0 Å². The van der Waals surface area contributed by atoms with Crippen LogP contribution in [0.4, 0.5) is 11.4 Å². The first-order valence-electron chi connectivity index (χ1n) is 9.67. The molecule has 148 valence electrons. The van der Waals surface area contributed by atoms with E-state index in [1.807, 2.05) is 53.4 Å². The Hall–Kier alpha value is -2.53. The molecule has 0 spiro atoms. The van der Waals surface area contributed by atoms with Gasteiger partial charge in [-0.2, -0.15) is 0 Å². The molecule has 0 aliphatic carbocycles. The molecule has 28 heavy (non-hydrogen) atoms. The fraction of sp³-hybridized carbons (Fsp3) is 0.364. The maximum Gasteiger partial charge on any atom is 0.224 e. The summed E-state index contributed by atoms with van der Waals surface area (Å²) in [5, 5.41) is 3.70. The SMILES string of the molecule is CC(=O)N1CCN(c2ccc(NC(=O)CCCc3ccccc3Cl)cc2)CC1. The monoisotopic (exact) mass is 399 g/mol. The fourth-order valence-corrected chi connectivity index (χ4v) is 3.63. The van der Waals surface area contributed by atoms with E-state index in [4.69, 9.17) is 11.6 Å². The molecular weight excluding hydrogens is 374 g/mol. The average Bonchev–Trinajstić information content (AvgIpc) is 2.70. The summed E-state index contributed by atoms with van der Waals surface area (Å²) in [5.74, 6) is 0.141. The summed E-state index contributed by atoms with van der Waals surface area (Å²) in [6.45, 7) is 4.76. The first-order chi connectivity index (χ1) is 13.5. The van der Waals surface area contributed by atoms with Crippen molar-refractivity contribution < 1.29 is 9.59 Å². The quantitative estimate of drug-likeness (QED) is 0.799. The van der Waals surface area contributed by atoms with Crippen LogP contribution in [0.5, 0.6) is 0 Å². The highest BCUT2D eigenvalue weighted by atomic mass is 35.5. The van der Waals surface area contributed by atoms with Crippen molar-refractivity contribution in [1.29, 1.82) is 0 Å². The van der Waals surface area contributed by atoms with E-state index in [1.54, 1.807) is 6.92 Å². The third-order valence-electron chi connectivity index (χ3n) is 5.05. The van der Waals surface area contributed by atoms with Crippen molar-refractivity contribution in [3.8, 4) is 0 Å². The summed E-state index contributed by atoms with van der Waals surface area (Å²) in [6, 6.07) is 15.6. The molecule has 0 radical (unpaired) electrons. The molecule has 1 fully saturated rings. The minimum Gasteiger partial charge on any atom is -0.368 e. The Bertz CT molecular complexity index is 815. The molecule has 2 aromatic rings. The molecule has 1 aliphatic rings. The number of amides is 2. The smallest absolute Gasteiger partial charge is 0.224 e. The Morgan fingerprint density at radius 2 is 1.68 bits per heavy atom. The highest BCUT2D eigenvalue weighted by molar-refractivity contribution is 6.31. The van der Waals surface area contributed by atoms with Crippen LogP contribution in [-0.2, 0) is 16.0 Å². The van der Waals surface area contributed by atoms with Gasteiger partial charge in [0, 0.05) is 55.9 Å². The molecule has 1 saturated heterocycles. The van der Waals surface area contributed by atoms with E-state index < -0.39 is 0 Å². The third kappa shape index (κ3) is 5.49. The van der Waals surface area contributed by atoms with Crippen LogP contribution in [0.1, 0.15) is 25.3 Å². The first kappa shape index (κ1) is 20.2. The van der Waals surface area contributed by atoms with Crippen LogP contribution in [0.2, 0.25) is 5.02 Å². The van der Waals surface area contributed by atoms with Gasteiger partial charge in [0.2, 0.25) is 11.8 Å². The average molecular weight is 400 g/mol. The summed E-state index contributed by atoms with van der Waals surface area (Å²) in [7, 11) is 0. The molecule has 0 bridgehead atoms. The van der Waals surface area contributed by atoms with Crippen LogP contribution in [0, 0.1) is 0 Å². The molecule has 2 amide bonds. The molecule has 6 heteroatoms. The van der Waals surface area contributed by atoms with Gasteiger partial charge in [-0.25, -0.2) is 0 Å². The van der Waals surface area contributed by atoms with E-state index in [2.05, 4.69) is 10.2 Å². The minimum atomic E-state index is 0.00914. The molecule has 3 rings (SSSR count). The molecule has 1 N–H and O–H groups in total. The van der Waals surface area contributed by atoms with Crippen molar-refractivity contribution in [3.63, 3.8) is 0 Å². The van der Waals surface area contributed by atoms with Crippen LogP contribution in [0.15, 0.2) is 48.5 Å². The van der Waals surface area contributed by atoms with E-state index in [9.17, 15) is 9.59 Å². The number of rotatable bonds is 6. The summed E-state index contributed by atoms with van der Waals surface area (Å²) in [5.41, 5.74) is 2.99. The van der Waals surface area contributed by atoms with Crippen molar-refractivity contribution in [2.75, 3.05) is 36.4 Å². The van der Waals surface area contributed by atoms with E-state index in [-0.39, 0.29) is 11.8 Å². The number of piperazine rings is 1. The Morgan fingerprint density at radius 1 is 1.00 bits per heavy atom. The zero-order chi connectivity index (χ0) is 19.9. The normalized spacial score (nSPS) is 14.1. The van der Waals surface area contributed by atoms with Gasteiger partial charge in [-0.05, 0) is 48.7 Å². The van der Waals surface area contributed by atoms with Gasteiger partial charge < -0.3 is 15.1 Å². The van der Waals surface area contributed by atoms with E-state index in [0.717, 1.165) is 61.0 Å². The second kappa shape index (κ2) is 9.60. The van der Waals surface area contributed by atoms with Crippen LogP contribution >= 0.6 is 11.6 Å². The van der Waals surface area contributed by atoms with Crippen molar-refractivity contribution in [2.45, 2.75) is 26.2 Å². The molecule has 0 saturated carbocycles. The largest absolute Gasteiger partial charge is 0.368 e. The van der Waals surface area contributed by atoms with Gasteiger partial charge in [0.05, 0.1) is 0 Å². The summed E-state index contributed by atoms with van der Waals surface area (Å²) in [6.07, 6.45) is 2.01. The Morgan fingerprint density at radius 3 is 2.32 bits per heavy atom. The van der Waals surface area contributed by atoms with Crippen LogP contribution in [0.25, 0.3) is 0 Å². The van der Waals surface area contributed by atoms with Crippen LogP contribution < -0.4 is 10.2 Å². The summed E-state index contributed by atoms with van der Waals surface area (Å²) < 4.78 is 0. The third-order valence-corrected chi connectivity index (χ3v) is 5.42. The van der Waals surface area contributed by atoms with Crippen LogP contribution in [-0.4, -0.2) is 42.9 Å². The van der Waals surface area contributed by atoms with E-state index in [0.29, 0.717) is 6.42 Å². The maximum atomic E-state index is 12.2. The number of carbonyl (C=O) groups is 2. The molecule has 0 atom stereocenters. The number of carbonyl (C=O) groups excluding carboxylic acids is 2. The van der Waals surface area contributed by atoms with Crippen molar-refractivity contribution >= 4 is 34.8 Å². The maximum absolute atomic E-state index is 12.2. The number of anilines is 2. The summed E-state index contributed by atoms with van der Waals surface area (Å²) >= 11 is 6.15. The molecule has 1 heterocycles. The topological polar surface area (TPSA) is 52.7 Å². The number of aryl methyl sites for hydroxylation is 1. The number of hydrogen-bond donors (Lipinski definition) is 1. The Labute approximate surface area is 171 Å². The summed E-state index contributed by atoms with van der Waals surface area (Å²) in [4.78, 5) is 27.7. The van der Waals surface area contributed by atoms with E-state index >= 15 is 0 Å². The van der Waals surface area contributed by atoms with Gasteiger partial charge in [-0.3, -0.25) is 9.59 Å².